The molecule has 0 radical (unpaired) electrons. The van der Waals surface area contributed by atoms with E-state index < -0.39 is 5.72 Å². The van der Waals surface area contributed by atoms with E-state index in [1.165, 1.54) is 6.42 Å². The van der Waals surface area contributed by atoms with E-state index in [9.17, 15) is 5.21 Å². The van der Waals surface area contributed by atoms with Gasteiger partial charge in [0.2, 0.25) is 5.71 Å². The van der Waals surface area contributed by atoms with Gasteiger partial charge in [0.15, 0.2) is 0 Å². The Balaban J connectivity index is 1.80. The number of halogens is 1. The molecule has 2 heterocycles. The van der Waals surface area contributed by atoms with Crippen molar-refractivity contribution >= 4 is 17.3 Å². The van der Waals surface area contributed by atoms with Gasteiger partial charge in [0.05, 0.1) is 11.8 Å². The normalized spacial score (nSPS) is 30.9. The molecule has 1 spiro atoms. The lowest BCUT2D eigenvalue weighted by Crippen LogP contribution is -2.63. The van der Waals surface area contributed by atoms with Crippen LogP contribution in [-0.2, 0) is 4.84 Å². The lowest BCUT2D eigenvalue weighted by atomic mass is 9.75. The predicted octanol–water partition coefficient (Wildman–Crippen LogP) is 5.86. The fraction of sp³-hybridized carbons (Fsp3) is 0.708. The second-order valence-electron chi connectivity index (χ2n) is 10.6. The molecular weight excluding hydrogens is 384 g/mol. The van der Waals surface area contributed by atoms with Gasteiger partial charge in [-0.2, -0.15) is 9.80 Å². The summed E-state index contributed by atoms with van der Waals surface area (Å²) < 4.78 is 1.15. The van der Waals surface area contributed by atoms with Gasteiger partial charge in [-0.3, -0.25) is 0 Å². The van der Waals surface area contributed by atoms with Gasteiger partial charge in [0.1, 0.15) is 5.88 Å². The molecule has 4 rings (SSSR count). The van der Waals surface area contributed by atoms with Gasteiger partial charge >= 0.3 is 5.72 Å². The molecule has 2 fully saturated rings. The predicted molar refractivity (Wildman–Crippen MR) is 118 cm³/mol. The van der Waals surface area contributed by atoms with Gasteiger partial charge in [0, 0.05) is 16.6 Å². The SMILES string of the molecule is CC1(C)CCCC(C)(C)N1OC1(CCl)CC2(CCCC2)C(c2ccccc2)=[N+]1[O-]. The standard InChI is InChI=1S/C24H35ClN2O2/c1-21(2)13-10-14-22(3,4)27(21)29-24(18-25)17-23(15-8-9-16-23)20(26(24)28)19-11-6-5-7-12-19/h5-7,11-12H,8-10,13-18H2,1-4H3. The molecule has 0 aromatic heterocycles. The van der Waals surface area contributed by atoms with E-state index in [1.807, 2.05) is 18.2 Å². The number of piperidine rings is 1. The number of benzene rings is 1. The summed E-state index contributed by atoms with van der Waals surface area (Å²) in [5.41, 5.74) is 0.423. The Kier molecular flexibility index (Phi) is 5.28. The minimum atomic E-state index is -1.05. The van der Waals surface area contributed by atoms with Crippen molar-refractivity contribution in [2.75, 3.05) is 5.88 Å². The monoisotopic (exact) mass is 418 g/mol. The van der Waals surface area contributed by atoms with Crippen molar-refractivity contribution in [3.05, 3.63) is 41.1 Å². The molecule has 1 saturated carbocycles. The van der Waals surface area contributed by atoms with Crippen LogP contribution in [0.3, 0.4) is 0 Å². The van der Waals surface area contributed by atoms with Crippen molar-refractivity contribution in [1.29, 1.82) is 0 Å². The average Bonchev–Trinajstić information content (AvgIpc) is 3.22. The molecule has 3 aliphatic rings. The molecule has 29 heavy (non-hydrogen) atoms. The maximum atomic E-state index is 14.0. The van der Waals surface area contributed by atoms with Crippen molar-refractivity contribution in [3.8, 4) is 0 Å². The van der Waals surface area contributed by atoms with Crippen LogP contribution in [0.15, 0.2) is 30.3 Å². The molecule has 1 unspecified atom stereocenters. The lowest BCUT2D eigenvalue weighted by Gasteiger charge is -2.53. The maximum absolute atomic E-state index is 14.0. The van der Waals surface area contributed by atoms with Crippen LogP contribution in [0.5, 0.6) is 0 Å². The van der Waals surface area contributed by atoms with E-state index in [2.05, 4.69) is 44.9 Å². The molecule has 1 aromatic rings. The first kappa shape index (κ1) is 21.1. The van der Waals surface area contributed by atoms with Crippen LogP contribution in [0.1, 0.15) is 84.6 Å². The summed E-state index contributed by atoms with van der Waals surface area (Å²) >= 11 is 6.57. The number of hydrogen-bond donors (Lipinski definition) is 0. The van der Waals surface area contributed by atoms with Gasteiger partial charge in [0.25, 0.3) is 0 Å². The zero-order valence-electron chi connectivity index (χ0n) is 18.3. The minimum absolute atomic E-state index is 0.137. The molecule has 1 aliphatic carbocycles. The third-order valence-corrected chi connectivity index (χ3v) is 7.86. The quantitative estimate of drug-likeness (QED) is 0.349. The van der Waals surface area contributed by atoms with Gasteiger partial charge in [-0.1, -0.05) is 31.0 Å². The van der Waals surface area contributed by atoms with Gasteiger partial charge in [-0.15, -0.1) is 11.6 Å². The second-order valence-corrected chi connectivity index (χ2v) is 10.9. The molecule has 160 valence electrons. The number of hydrogen-bond acceptors (Lipinski definition) is 3. The second kappa shape index (κ2) is 7.25. The number of hydroxylamine groups is 3. The summed E-state index contributed by atoms with van der Waals surface area (Å²) in [5, 5.41) is 16.1. The smallest absolute Gasteiger partial charge is 0.308 e. The van der Waals surface area contributed by atoms with Crippen molar-refractivity contribution in [2.45, 2.75) is 95.9 Å². The van der Waals surface area contributed by atoms with Crippen molar-refractivity contribution in [1.82, 2.24) is 5.06 Å². The van der Waals surface area contributed by atoms with Gasteiger partial charge in [-0.05, 0) is 71.9 Å². The Morgan fingerprint density at radius 3 is 2.10 bits per heavy atom. The Bertz CT molecular complexity index is 767. The number of nitrogens with zero attached hydrogens (tertiary/aromatic N) is 2. The van der Waals surface area contributed by atoms with E-state index in [4.69, 9.17) is 16.4 Å². The molecule has 0 bridgehead atoms. The summed E-state index contributed by atoms with van der Waals surface area (Å²) in [5.74, 6) is 0.164. The average molecular weight is 419 g/mol. The molecule has 1 atom stereocenters. The third-order valence-electron chi connectivity index (χ3n) is 7.44. The van der Waals surface area contributed by atoms with Crippen molar-refractivity contribution in [3.63, 3.8) is 0 Å². The van der Waals surface area contributed by atoms with E-state index in [0.29, 0.717) is 6.42 Å². The third kappa shape index (κ3) is 3.41. The number of alkyl halides is 1. The molecule has 0 amide bonds. The van der Waals surface area contributed by atoms with Gasteiger partial charge < -0.3 is 5.21 Å². The summed E-state index contributed by atoms with van der Waals surface area (Å²) in [6.07, 6.45) is 8.31. The molecule has 5 heteroatoms. The Morgan fingerprint density at radius 1 is 0.966 bits per heavy atom. The van der Waals surface area contributed by atoms with Crippen LogP contribution in [0.2, 0.25) is 0 Å². The zero-order valence-corrected chi connectivity index (χ0v) is 19.1. The summed E-state index contributed by atoms with van der Waals surface area (Å²) in [4.78, 5) is 6.76. The summed E-state index contributed by atoms with van der Waals surface area (Å²) in [6, 6.07) is 10.1. The summed E-state index contributed by atoms with van der Waals surface area (Å²) in [6.45, 7) is 8.86. The highest BCUT2D eigenvalue weighted by atomic mass is 35.5. The van der Waals surface area contributed by atoms with Crippen molar-refractivity contribution in [2.24, 2.45) is 5.41 Å². The first-order valence-electron chi connectivity index (χ1n) is 11.1. The van der Waals surface area contributed by atoms with Crippen molar-refractivity contribution < 1.29 is 9.58 Å². The highest BCUT2D eigenvalue weighted by Crippen LogP contribution is 2.53. The van der Waals surface area contributed by atoms with Crippen LogP contribution >= 0.6 is 11.6 Å². The van der Waals surface area contributed by atoms with Crippen LogP contribution in [0, 0.1) is 10.6 Å². The molecule has 1 saturated heterocycles. The first-order chi connectivity index (χ1) is 13.7. The molecule has 4 nitrogen and oxygen atoms in total. The van der Waals surface area contributed by atoms with Crippen LogP contribution in [0.25, 0.3) is 0 Å². The number of rotatable bonds is 4. The molecule has 1 aromatic carbocycles. The Hall–Kier alpha value is -1.10. The van der Waals surface area contributed by atoms with Crippen LogP contribution < -0.4 is 0 Å². The van der Waals surface area contributed by atoms with E-state index in [-0.39, 0.29) is 22.4 Å². The summed E-state index contributed by atoms with van der Waals surface area (Å²) in [7, 11) is 0. The maximum Gasteiger partial charge on any atom is 0.308 e. The molecule has 0 N–H and O–H groups in total. The van der Waals surface area contributed by atoms with E-state index in [0.717, 1.165) is 54.5 Å². The minimum Gasteiger partial charge on any atom is -0.621 e. The van der Waals surface area contributed by atoms with Crippen LogP contribution in [-0.4, -0.2) is 38.2 Å². The van der Waals surface area contributed by atoms with E-state index >= 15 is 0 Å². The molecule has 2 aliphatic heterocycles. The highest BCUT2D eigenvalue weighted by molar-refractivity contribution is 6.18. The fourth-order valence-electron chi connectivity index (χ4n) is 6.18. The first-order valence-corrected chi connectivity index (χ1v) is 11.7. The Morgan fingerprint density at radius 2 is 1.55 bits per heavy atom. The van der Waals surface area contributed by atoms with Crippen LogP contribution in [0.4, 0.5) is 0 Å². The Labute approximate surface area is 180 Å². The van der Waals surface area contributed by atoms with E-state index in [1.54, 1.807) is 0 Å². The largest absolute Gasteiger partial charge is 0.621 e. The van der Waals surface area contributed by atoms with Gasteiger partial charge in [-0.25, -0.2) is 4.84 Å². The molecular formula is C24H35ClN2O2. The topological polar surface area (TPSA) is 38.5 Å². The zero-order chi connectivity index (χ0) is 20.9. The fourth-order valence-corrected chi connectivity index (χ4v) is 6.43. The highest BCUT2D eigenvalue weighted by Gasteiger charge is 2.63. The lowest BCUT2D eigenvalue weighted by molar-refractivity contribution is -0.631.